The molecule has 2 amide bonds. The van der Waals surface area contributed by atoms with E-state index in [1.54, 1.807) is 36.7 Å². The lowest BCUT2D eigenvalue weighted by atomic mass is 9.87. The van der Waals surface area contributed by atoms with E-state index in [0.717, 1.165) is 11.1 Å². The molecule has 1 heterocycles. The van der Waals surface area contributed by atoms with E-state index in [-0.39, 0.29) is 16.3 Å². The van der Waals surface area contributed by atoms with Crippen LogP contribution in [0, 0.1) is 0 Å². The van der Waals surface area contributed by atoms with Crippen LogP contribution >= 0.6 is 0 Å². The molecule has 0 atom stereocenters. The van der Waals surface area contributed by atoms with Gasteiger partial charge in [-0.1, -0.05) is 32.9 Å². The van der Waals surface area contributed by atoms with Crippen molar-refractivity contribution in [2.45, 2.75) is 37.6 Å². The molecular formula is C23H26N4O3S. The van der Waals surface area contributed by atoms with E-state index in [1.807, 2.05) is 24.3 Å². The van der Waals surface area contributed by atoms with E-state index < -0.39 is 10.0 Å². The average Bonchev–Trinajstić information content (AvgIpc) is 2.73. The molecule has 0 fully saturated rings. The molecule has 0 spiro atoms. The molecule has 3 N–H and O–H groups in total. The number of rotatable bonds is 6. The Morgan fingerprint density at radius 3 is 2.03 bits per heavy atom. The van der Waals surface area contributed by atoms with Crippen LogP contribution in [0.15, 0.2) is 78.0 Å². The zero-order chi connectivity index (χ0) is 22.5. The molecule has 0 saturated carbocycles. The van der Waals surface area contributed by atoms with Crippen LogP contribution in [0.4, 0.5) is 16.2 Å². The number of amides is 2. The highest BCUT2D eigenvalue weighted by Gasteiger charge is 2.16. The molecule has 0 aliphatic heterocycles. The number of carbonyl (C=O) groups is 1. The molecule has 1 aromatic heterocycles. The molecule has 3 aromatic rings. The highest BCUT2D eigenvalue weighted by atomic mass is 32.2. The fraction of sp³-hybridized carbons (Fsp3) is 0.217. The fourth-order valence-corrected chi connectivity index (χ4v) is 3.89. The van der Waals surface area contributed by atoms with Crippen LogP contribution in [0.25, 0.3) is 0 Å². The monoisotopic (exact) mass is 438 g/mol. The van der Waals surface area contributed by atoms with Gasteiger partial charge in [-0.05, 0) is 65.1 Å². The minimum absolute atomic E-state index is 0.00910. The second-order valence-electron chi connectivity index (χ2n) is 8.12. The summed E-state index contributed by atoms with van der Waals surface area (Å²) in [7, 11) is -3.74. The number of aromatic nitrogens is 1. The molecule has 2 aromatic carbocycles. The zero-order valence-corrected chi connectivity index (χ0v) is 18.5. The van der Waals surface area contributed by atoms with Gasteiger partial charge in [0.25, 0.3) is 10.0 Å². The summed E-state index contributed by atoms with van der Waals surface area (Å²) in [6, 6.07) is 16.5. The van der Waals surface area contributed by atoms with Crippen LogP contribution in [0.1, 0.15) is 31.9 Å². The third kappa shape index (κ3) is 6.29. The van der Waals surface area contributed by atoms with Crippen LogP contribution in [0.2, 0.25) is 0 Å². The summed E-state index contributed by atoms with van der Waals surface area (Å²) in [4.78, 5) is 16.1. The lowest BCUT2D eigenvalue weighted by Crippen LogP contribution is -2.28. The van der Waals surface area contributed by atoms with Crippen molar-refractivity contribution in [2.24, 2.45) is 0 Å². The van der Waals surface area contributed by atoms with Gasteiger partial charge in [0.05, 0.1) is 4.90 Å². The molecule has 0 bridgehead atoms. The highest BCUT2D eigenvalue weighted by molar-refractivity contribution is 7.92. The minimum Gasteiger partial charge on any atom is -0.334 e. The van der Waals surface area contributed by atoms with Crippen molar-refractivity contribution in [3.63, 3.8) is 0 Å². The first-order valence-electron chi connectivity index (χ1n) is 9.81. The van der Waals surface area contributed by atoms with Crippen LogP contribution in [0.3, 0.4) is 0 Å². The number of sulfonamides is 1. The standard InChI is InChI=1S/C23H26N4O3S/c1-23(2,3)18-4-6-20(7-5-18)27-31(29,30)21-10-8-19(9-11-21)26-22(28)25-16-17-12-14-24-15-13-17/h4-15,27H,16H2,1-3H3,(H2,25,26,28). The maximum absolute atomic E-state index is 12.7. The molecule has 7 nitrogen and oxygen atoms in total. The van der Waals surface area contributed by atoms with E-state index in [9.17, 15) is 13.2 Å². The quantitative estimate of drug-likeness (QED) is 0.527. The summed E-state index contributed by atoms with van der Waals surface area (Å²) in [6.07, 6.45) is 3.31. The predicted molar refractivity (Wildman–Crippen MR) is 122 cm³/mol. The summed E-state index contributed by atoms with van der Waals surface area (Å²) in [5.74, 6) is 0. The van der Waals surface area contributed by atoms with Gasteiger partial charge >= 0.3 is 6.03 Å². The molecule has 0 radical (unpaired) electrons. The minimum atomic E-state index is -3.74. The molecule has 31 heavy (non-hydrogen) atoms. The lowest BCUT2D eigenvalue weighted by Gasteiger charge is -2.19. The number of urea groups is 1. The van der Waals surface area contributed by atoms with Gasteiger partial charge in [-0.2, -0.15) is 0 Å². The highest BCUT2D eigenvalue weighted by Crippen LogP contribution is 2.25. The second kappa shape index (κ2) is 9.18. The maximum Gasteiger partial charge on any atom is 0.319 e. The maximum atomic E-state index is 12.7. The predicted octanol–water partition coefficient (Wildman–Crippen LogP) is 4.50. The van der Waals surface area contributed by atoms with Gasteiger partial charge in [0.2, 0.25) is 0 Å². The topological polar surface area (TPSA) is 100 Å². The van der Waals surface area contributed by atoms with Crippen molar-refractivity contribution in [3.05, 3.63) is 84.2 Å². The summed E-state index contributed by atoms with van der Waals surface area (Å²) in [6.45, 7) is 6.66. The Bertz CT molecular complexity index is 1120. The van der Waals surface area contributed by atoms with Gasteiger partial charge < -0.3 is 10.6 Å². The molecule has 3 rings (SSSR count). The number of hydrogen-bond donors (Lipinski definition) is 3. The largest absolute Gasteiger partial charge is 0.334 e. The molecule has 162 valence electrons. The van der Waals surface area contributed by atoms with Crippen molar-refractivity contribution < 1.29 is 13.2 Å². The number of nitrogens with one attached hydrogen (secondary N) is 3. The third-order valence-electron chi connectivity index (χ3n) is 4.63. The Hall–Kier alpha value is -3.39. The van der Waals surface area contributed by atoms with E-state index in [0.29, 0.717) is 17.9 Å². The summed E-state index contributed by atoms with van der Waals surface area (Å²) < 4.78 is 27.9. The van der Waals surface area contributed by atoms with Crippen LogP contribution < -0.4 is 15.4 Å². The first kappa shape index (κ1) is 22.3. The van der Waals surface area contributed by atoms with E-state index >= 15 is 0 Å². The summed E-state index contributed by atoms with van der Waals surface area (Å²) >= 11 is 0. The lowest BCUT2D eigenvalue weighted by molar-refractivity contribution is 0.251. The Morgan fingerprint density at radius 1 is 0.871 bits per heavy atom. The molecule has 0 unspecified atom stereocenters. The Balaban J connectivity index is 1.60. The zero-order valence-electron chi connectivity index (χ0n) is 17.7. The van der Waals surface area contributed by atoms with E-state index in [2.05, 4.69) is 41.1 Å². The summed E-state index contributed by atoms with van der Waals surface area (Å²) in [5.41, 5.74) is 3.01. The average molecular weight is 439 g/mol. The van der Waals surface area contributed by atoms with Crippen LogP contribution in [-0.2, 0) is 22.0 Å². The van der Waals surface area contributed by atoms with Gasteiger partial charge in [-0.3, -0.25) is 9.71 Å². The Morgan fingerprint density at radius 2 is 1.45 bits per heavy atom. The van der Waals surface area contributed by atoms with E-state index in [4.69, 9.17) is 0 Å². The third-order valence-corrected chi connectivity index (χ3v) is 6.03. The first-order valence-corrected chi connectivity index (χ1v) is 11.3. The van der Waals surface area contributed by atoms with Crippen molar-refractivity contribution in [1.29, 1.82) is 0 Å². The van der Waals surface area contributed by atoms with Crippen molar-refractivity contribution >= 4 is 27.4 Å². The number of nitrogens with zero attached hydrogens (tertiary/aromatic N) is 1. The van der Waals surface area contributed by atoms with Gasteiger partial charge in [0.1, 0.15) is 0 Å². The first-order chi connectivity index (χ1) is 14.6. The van der Waals surface area contributed by atoms with Gasteiger partial charge in [0.15, 0.2) is 0 Å². The Labute approximate surface area is 183 Å². The molecule has 0 aliphatic rings. The Kier molecular flexibility index (Phi) is 6.60. The molecule has 0 saturated heterocycles. The normalized spacial score (nSPS) is 11.6. The number of pyridine rings is 1. The van der Waals surface area contributed by atoms with Crippen LogP contribution in [0.5, 0.6) is 0 Å². The second-order valence-corrected chi connectivity index (χ2v) is 9.80. The van der Waals surface area contributed by atoms with Crippen molar-refractivity contribution in [1.82, 2.24) is 10.3 Å². The van der Waals surface area contributed by atoms with Gasteiger partial charge in [-0.15, -0.1) is 0 Å². The van der Waals surface area contributed by atoms with E-state index in [1.165, 1.54) is 12.1 Å². The van der Waals surface area contributed by atoms with Crippen LogP contribution in [-0.4, -0.2) is 19.4 Å². The number of carbonyl (C=O) groups excluding carboxylic acids is 1. The number of anilines is 2. The van der Waals surface area contributed by atoms with Gasteiger partial charge in [-0.25, -0.2) is 13.2 Å². The van der Waals surface area contributed by atoms with Crippen molar-refractivity contribution in [3.8, 4) is 0 Å². The smallest absolute Gasteiger partial charge is 0.319 e. The summed E-state index contributed by atoms with van der Waals surface area (Å²) in [5, 5.41) is 5.41. The fourth-order valence-electron chi connectivity index (χ4n) is 2.83. The van der Waals surface area contributed by atoms with Crippen molar-refractivity contribution in [2.75, 3.05) is 10.0 Å². The molecule has 8 heteroatoms. The molecule has 0 aliphatic carbocycles. The SMILES string of the molecule is CC(C)(C)c1ccc(NS(=O)(=O)c2ccc(NC(=O)NCc3ccncc3)cc2)cc1. The molecular weight excluding hydrogens is 412 g/mol. The van der Waals surface area contributed by atoms with Gasteiger partial charge in [0, 0.05) is 30.3 Å². The number of hydrogen-bond acceptors (Lipinski definition) is 4. The number of benzene rings is 2.